The van der Waals surface area contributed by atoms with Crippen LogP contribution in [-0.4, -0.2) is 51.4 Å². The van der Waals surface area contributed by atoms with Crippen molar-refractivity contribution in [1.29, 1.82) is 0 Å². The number of aryl methyl sites for hydroxylation is 1. The smallest absolute Gasteiger partial charge is 0.285 e. The number of aromatic nitrogens is 5. The lowest BCUT2D eigenvalue weighted by molar-refractivity contribution is 0.0977. The van der Waals surface area contributed by atoms with Gasteiger partial charge >= 0.3 is 0 Å². The number of pyridine rings is 1. The van der Waals surface area contributed by atoms with Gasteiger partial charge in [0, 0.05) is 50.4 Å². The first kappa shape index (κ1) is 27.5. The molecular weight excluding hydrogens is 563 g/mol. The lowest BCUT2D eigenvalue weighted by Gasteiger charge is -2.29. The van der Waals surface area contributed by atoms with Crippen molar-refractivity contribution in [2.45, 2.75) is 25.9 Å². The summed E-state index contributed by atoms with van der Waals surface area (Å²) in [6.07, 6.45) is 3.35. The minimum absolute atomic E-state index is 0.0267. The van der Waals surface area contributed by atoms with Crippen molar-refractivity contribution in [3.8, 4) is 0 Å². The molecule has 210 valence electrons. The normalized spacial score (nSPS) is 14.2. The van der Waals surface area contributed by atoms with Crippen molar-refractivity contribution in [2.75, 3.05) is 23.0 Å². The number of benzene rings is 1. The molecule has 0 unspecified atom stereocenters. The van der Waals surface area contributed by atoms with Crippen molar-refractivity contribution in [3.63, 3.8) is 0 Å². The third-order valence-electron chi connectivity index (χ3n) is 6.75. The second-order valence-electron chi connectivity index (χ2n) is 9.68. The molecule has 0 spiro atoms. The summed E-state index contributed by atoms with van der Waals surface area (Å²) < 4.78 is 43.2. The molecule has 2 N–H and O–H groups in total. The second kappa shape index (κ2) is 10.2. The van der Waals surface area contributed by atoms with Gasteiger partial charge in [-0.05, 0) is 31.2 Å². The van der Waals surface area contributed by atoms with Gasteiger partial charge in [0.05, 0.1) is 35.1 Å². The zero-order valence-electron chi connectivity index (χ0n) is 22.1. The first-order valence-electron chi connectivity index (χ1n) is 12.2. The molecule has 4 aromatic rings. The SMILES string of the molecule is C[C@@H](Nc1ccc(Cl)nc1C(=O)NS(C)(=O)=O)c1cc(F)cc2c(=O)n(C)c(N3CCc4c(cnn4C)C3)nc12. The quantitative estimate of drug-likeness (QED) is 0.324. The van der Waals surface area contributed by atoms with E-state index in [0.717, 1.165) is 30.0 Å². The third kappa shape index (κ3) is 5.23. The Hall–Kier alpha value is -4.04. The van der Waals surface area contributed by atoms with Crippen LogP contribution in [0, 0.1) is 5.82 Å². The Kier molecular flexibility index (Phi) is 7.00. The third-order valence-corrected chi connectivity index (χ3v) is 7.52. The summed E-state index contributed by atoms with van der Waals surface area (Å²) in [5, 5.41) is 7.46. The van der Waals surface area contributed by atoms with E-state index in [1.165, 1.54) is 22.8 Å². The van der Waals surface area contributed by atoms with E-state index in [9.17, 15) is 22.4 Å². The van der Waals surface area contributed by atoms with Crippen molar-refractivity contribution >= 4 is 50.1 Å². The summed E-state index contributed by atoms with van der Waals surface area (Å²) in [6, 6.07) is 4.61. The Morgan fingerprint density at radius 2 is 1.95 bits per heavy atom. The fraction of sp³-hybridized carbons (Fsp3) is 0.320. The molecule has 1 aliphatic rings. The summed E-state index contributed by atoms with van der Waals surface area (Å²) in [7, 11) is -0.387. The van der Waals surface area contributed by atoms with Gasteiger partial charge in [-0.3, -0.25) is 18.8 Å². The Labute approximate surface area is 233 Å². The molecule has 1 amide bonds. The van der Waals surface area contributed by atoms with Crippen LogP contribution in [0.1, 0.15) is 40.3 Å². The first-order chi connectivity index (χ1) is 18.8. The molecular formula is C25H26ClFN8O4S. The monoisotopic (exact) mass is 588 g/mol. The van der Waals surface area contributed by atoms with Gasteiger partial charge in [-0.1, -0.05) is 11.6 Å². The summed E-state index contributed by atoms with van der Waals surface area (Å²) >= 11 is 5.97. The number of nitrogens with one attached hydrogen (secondary N) is 2. The van der Waals surface area contributed by atoms with Crippen molar-refractivity contribution < 1.29 is 17.6 Å². The largest absolute Gasteiger partial charge is 0.377 e. The molecule has 15 heteroatoms. The average Bonchev–Trinajstić information content (AvgIpc) is 3.25. The number of anilines is 2. The molecule has 0 radical (unpaired) electrons. The summed E-state index contributed by atoms with van der Waals surface area (Å²) in [6.45, 7) is 2.81. The predicted octanol–water partition coefficient (Wildman–Crippen LogP) is 2.28. The maximum Gasteiger partial charge on any atom is 0.285 e. The molecule has 40 heavy (non-hydrogen) atoms. The van der Waals surface area contributed by atoms with Crippen LogP contribution < -0.4 is 20.5 Å². The maximum absolute atomic E-state index is 14.8. The van der Waals surface area contributed by atoms with Crippen LogP contribution >= 0.6 is 11.6 Å². The number of fused-ring (bicyclic) bond motifs is 2. The maximum atomic E-state index is 14.8. The highest BCUT2D eigenvalue weighted by atomic mass is 35.5. The standard InChI is InChI=1S/C25H26ClFN8O4S/c1-13(29-18-5-6-20(26)30-22(18)23(36)32-40(4,38)39)16-9-15(27)10-17-21(16)31-25(33(2)24(17)37)35-8-7-19-14(12-35)11-28-34(19)3/h5-6,9-11,13,29H,7-8,12H2,1-4H3,(H,32,36)/t13-/m1/s1. The van der Waals surface area contributed by atoms with Gasteiger partial charge in [-0.25, -0.2) is 27.5 Å². The second-order valence-corrected chi connectivity index (χ2v) is 11.8. The van der Waals surface area contributed by atoms with Gasteiger partial charge in [0.25, 0.3) is 11.5 Å². The zero-order chi connectivity index (χ0) is 28.9. The van der Waals surface area contributed by atoms with Crippen molar-refractivity contribution in [1.82, 2.24) is 29.0 Å². The van der Waals surface area contributed by atoms with Crippen molar-refractivity contribution in [3.05, 3.63) is 74.3 Å². The highest BCUT2D eigenvalue weighted by Crippen LogP contribution is 2.30. The van der Waals surface area contributed by atoms with E-state index >= 15 is 0 Å². The number of halogens is 2. The van der Waals surface area contributed by atoms with Gasteiger partial charge in [0.15, 0.2) is 5.69 Å². The molecule has 0 saturated heterocycles. The number of nitrogens with zero attached hydrogens (tertiary/aromatic N) is 6. The van der Waals surface area contributed by atoms with Gasteiger partial charge < -0.3 is 10.2 Å². The van der Waals surface area contributed by atoms with E-state index in [1.807, 2.05) is 21.4 Å². The van der Waals surface area contributed by atoms with E-state index in [1.54, 1.807) is 20.2 Å². The summed E-state index contributed by atoms with van der Waals surface area (Å²) in [4.78, 5) is 36.8. The van der Waals surface area contributed by atoms with Crippen LogP contribution in [0.25, 0.3) is 10.9 Å². The Morgan fingerprint density at radius 3 is 2.67 bits per heavy atom. The molecule has 12 nitrogen and oxygen atoms in total. The van der Waals surface area contributed by atoms with Crippen LogP contribution in [-0.2, 0) is 37.1 Å². The molecule has 0 aliphatic carbocycles. The lowest BCUT2D eigenvalue weighted by Crippen LogP contribution is -2.36. The minimum Gasteiger partial charge on any atom is -0.377 e. The predicted molar refractivity (Wildman–Crippen MR) is 148 cm³/mol. The molecule has 0 fully saturated rings. The highest BCUT2D eigenvalue weighted by Gasteiger charge is 2.26. The molecule has 1 atom stereocenters. The molecule has 5 rings (SSSR count). The topological polar surface area (TPSA) is 144 Å². The Bertz CT molecular complexity index is 1840. The van der Waals surface area contributed by atoms with Crippen LogP contribution in [0.4, 0.5) is 16.0 Å². The minimum atomic E-state index is -3.87. The van der Waals surface area contributed by atoms with E-state index < -0.39 is 33.3 Å². The van der Waals surface area contributed by atoms with E-state index in [2.05, 4.69) is 15.4 Å². The molecule has 3 aromatic heterocycles. The number of sulfonamides is 1. The number of rotatable bonds is 6. The lowest BCUT2D eigenvalue weighted by atomic mass is 10.0. The highest BCUT2D eigenvalue weighted by molar-refractivity contribution is 7.89. The molecule has 1 aliphatic heterocycles. The van der Waals surface area contributed by atoms with E-state index in [-0.39, 0.29) is 21.9 Å². The van der Waals surface area contributed by atoms with Crippen molar-refractivity contribution in [2.24, 2.45) is 14.1 Å². The first-order valence-corrected chi connectivity index (χ1v) is 14.5. The fourth-order valence-electron chi connectivity index (χ4n) is 4.88. The molecule has 0 bridgehead atoms. The zero-order valence-corrected chi connectivity index (χ0v) is 23.6. The Morgan fingerprint density at radius 1 is 1.20 bits per heavy atom. The van der Waals surface area contributed by atoms with E-state index in [4.69, 9.17) is 16.6 Å². The molecule has 4 heterocycles. The average molecular weight is 589 g/mol. The molecule has 1 aromatic carbocycles. The Balaban J connectivity index is 1.56. The molecule has 0 saturated carbocycles. The van der Waals surface area contributed by atoms with Gasteiger partial charge in [0.2, 0.25) is 16.0 Å². The van der Waals surface area contributed by atoms with Gasteiger partial charge in [-0.2, -0.15) is 5.10 Å². The van der Waals surface area contributed by atoms with Gasteiger partial charge in [-0.15, -0.1) is 0 Å². The van der Waals surface area contributed by atoms with Crippen LogP contribution in [0.5, 0.6) is 0 Å². The van der Waals surface area contributed by atoms with Crippen LogP contribution in [0.3, 0.4) is 0 Å². The number of hydrogen-bond donors (Lipinski definition) is 2. The number of carbonyl (C=O) groups excluding carboxylic acids is 1. The summed E-state index contributed by atoms with van der Waals surface area (Å²) in [5.41, 5.74) is 2.28. The van der Waals surface area contributed by atoms with Crippen LogP contribution in [0.15, 0.2) is 35.3 Å². The van der Waals surface area contributed by atoms with Crippen LogP contribution in [0.2, 0.25) is 5.15 Å². The number of hydrogen-bond acceptors (Lipinski definition) is 9. The van der Waals surface area contributed by atoms with Gasteiger partial charge in [0.1, 0.15) is 11.0 Å². The summed E-state index contributed by atoms with van der Waals surface area (Å²) in [5.74, 6) is -1.20. The fourth-order valence-corrected chi connectivity index (χ4v) is 5.46. The van der Waals surface area contributed by atoms with E-state index in [0.29, 0.717) is 30.1 Å². The number of carbonyl (C=O) groups is 1. The number of amides is 1.